The minimum Gasteiger partial charge on any atom is -0.179 e. The van der Waals surface area contributed by atoms with Gasteiger partial charge in [-0.2, -0.15) is 12.6 Å². The van der Waals surface area contributed by atoms with E-state index in [1.54, 1.807) is 0 Å². The lowest BCUT2D eigenvalue weighted by atomic mass is 10.0. The highest BCUT2D eigenvalue weighted by Gasteiger charge is 2.11. The molecule has 17 heavy (non-hydrogen) atoms. The van der Waals surface area contributed by atoms with Gasteiger partial charge in [0.25, 0.3) is 0 Å². The van der Waals surface area contributed by atoms with Crippen LogP contribution in [0.1, 0.15) is 39.2 Å². The molecule has 0 saturated heterocycles. The van der Waals surface area contributed by atoms with Crippen LogP contribution in [0.3, 0.4) is 0 Å². The topological polar surface area (TPSA) is 0 Å². The molecule has 0 saturated carbocycles. The summed E-state index contributed by atoms with van der Waals surface area (Å²) in [6.45, 7) is 9.03. The minimum atomic E-state index is 0.620. The summed E-state index contributed by atoms with van der Waals surface area (Å²) in [7, 11) is 0. The summed E-state index contributed by atoms with van der Waals surface area (Å²) < 4.78 is 0. The highest BCUT2D eigenvalue weighted by molar-refractivity contribution is 7.99. The van der Waals surface area contributed by atoms with Gasteiger partial charge in [-0.1, -0.05) is 39.8 Å². The second-order valence-electron chi connectivity index (χ2n) is 5.22. The van der Waals surface area contributed by atoms with Crippen LogP contribution in [0, 0.1) is 11.8 Å². The van der Waals surface area contributed by atoms with Crippen molar-refractivity contribution in [2.45, 2.75) is 38.5 Å². The highest BCUT2D eigenvalue weighted by Crippen LogP contribution is 2.26. The second-order valence-corrected chi connectivity index (χ2v) is 6.68. The van der Waals surface area contributed by atoms with E-state index in [0.29, 0.717) is 11.8 Å². The molecule has 0 N–H and O–H groups in total. The van der Waals surface area contributed by atoms with Crippen molar-refractivity contribution in [1.29, 1.82) is 0 Å². The zero-order chi connectivity index (χ0) is 12.8. The molecule has 96 valence electrons. The zero-order valence-corrected chi connectivity index (χ0v) is 13.0. The third-order valence-electron chi connectivity index (χ3n) is 3.19. The van der Waals surface area contributed by atoms with Crippen molar-refractivity contribution in [2.75, 3.05) is 11.5 Å². The van der Waals surface area contributed by atoms with Crippen molar-refractivity contribution in [3.05, 3.63) is 29.8 Å². The molecule has 0 amide bonds. The summed E-state index contributed by atoms with van der Waals surface area (Å²) in [4.78, 5) is 1.38. The molecule has 0 aromatic heterocycles. The number of thiol groups is 1. The van der Waals surface area contributed by atoms with Crippen molar-refractivity contribution in [2.24, 2.45) is 11.8 Å². The summed E-state index contributed by atoms with van der Waals surface area (Å²) >= 11 is 6.38. The molecule has 0 spiro atoms. The largest absolute Gasteiger partial charge is 0.179 e. The fourth-order valence-corrected chi connectivity index (χ4v) is 3.57. The quantitative estimate of drug-likeness (QED) is 0.553. The van der Waals surface area contributed by atoms with E-state index in [0.717, 1.165) is 11.7 Å². The van der Waals surface area contributed by atoms with E-state index >= 15 is 0 Å². The van der Waals surface area contributed by atoms with Crippen LogP contribution in [0.25, 0.3) is 0 Å². The summed E-state index contributed by atoms with van der Waals surface area (Å²) in [5, 5.41) is 0. The van der Waals surface area contributed by atoms with E-state index in [-0.39, 0.29) is 0 Å². The standard InChI is InChI=1S/C15H24S2/c1-11(2)13-5-7-15(8-6-13)17-10-14(9-16)12(3)4/h5-8,11-12,14,16H,9-10H2,1-4H3. The monoisotopic (exact) mass is 268 g/mol. The van der Waals surface area contributed by atoms with Crippen LogP contribution < -0.4 is 0 Å². The molecule has 2 heteroatoms. The molecule has 0 aliphatic carbocycles. The first-order valence-corrected chi connectivity index (χ1v) is 8.00. The first-order valence-electron chi connectivity index (χ1n) is 6.38. The molecule has 0 nitrogen and oxygen atoms in total. The number of thioether (sulfide) groups is 1. The molecule has 0 aliphatic heterocycles. The first-order chi connectivity index (χ1) is 8.04. The van der Waals surface area contributed by atoms with Crippen LogP contribution >= 0.6 is 24.4 Å². The number of benzene rings is 1. The van der Waals surface area contributed by atoms with E-state index in [1.807, 2.05) is 11.8 Å². The molecule has 0 bridgehead atoms. The molecule has 0 fully saturated rings. The zero-order valence-electron chi connectivity index (χ0n) is 11.3. The molecular weight excluding hydrogens is 244 g/mol. The lowest BCUT2D eigenvalue weighted by Gasteiger charge is -2.18. The predicted molar refractivity (Wildman–Crippen MR) is 83.4 cm³/mol. The molecular formula is C15H24S2. The van der Waals surface area contributed by atoms with Gasteiger partial charge in [0.1, 0.15) is 0 Å². The number of hydrogen-bond donors (Lipinski definition) is 1. The van der Waals surface area contributed by atoms with Gasteiger partial charge in [-0.25, -0.2) is 0 Å². The van der Waals surface area contributed by atoms with Crippen molar-refractivity contribution in [3.63, 3.8) is 0 Å². The van der Waals surface area contributed by atoms with Gasteiger partial charge >= 0.3 is 0 Å². The van der Waals surface area contributed by atoms with Gasteiger partial charge in [-0.05, 0) is 41.2 Å². The number of rotatable bonds is 6. The van der Waals surface area contributed by atoms with Crippen molar-refractivity contribution >= 4 is 24.4 Å². The third-order valence-corrected chi connectivity index (χ3v) is 4.86. The maximum absolute atomic E-state index is 4.43. The molecule has 1 aromatic carbocycles. The van der Waals surface area contributed by atoms with E-state index in [4.69, 9.17) is 0 Å². The van der Waals surface area contributed by atoms with Gasteiger partial charge in [0, 0.05) is 10.6 Å². The Balaban J connectivity index is 2.52. The van der Waals surface area contributed by atoms with Crippen molar-refractivity contribution in [3.8, 4) is 0 Å². The van der Waals surface area contributed by atoms with Crippen LogP contribution in [-0.2, 0) is 0 Å². The van der Waals surface area contributed by atoms with Gasteiger partial charge in [-0.15, -0.1) is 11.8 Å². The molecule has 0 aliphatic rings. The lowest BCUT2D eigenvalue weighted by molar-refractivity contribution is 0.473. The Morgan fingerprint density at radius 2 is 1.65 bits per heavy atom. The molecule has 0 radical (unpaired) electrons. The Labute approximate surface area is 116 Å². The van der Waals surface area contributed by atoms with Crippen LogP contribution in [0.2, 0.25) is 0 Å². The van der Waals surface area contributed by atoms with Gasteiger partial charge in [0.2, 0.25) is 0 Å². The molecule has 1 unspecified atom stereocenters. The normalized spacial score (nSPS) is 13.4. The number of hydrogen-bond acceptors (Lipinski definition) is 2. The summed E-state index contributed by atoms with van der Waals surface area (Å²) in [6, 6.07) is 8.99. The Morgan fingerprint density at radius 3 is 2.06 bits per heavy atom. The maximum Gasteiger partial charge on any atom is 0.00722 e. The third kappa shape index (κ3) is 4.97. The fourth-order valence-electron chi connectivity index (χ4n) is 1.61. The average molecular weight is 268 g/mol. The Morgan fingerprint density at radius 1 is 1.06 bits per heavy atom. The van der Waals surface area contributed by atoms with Crippen LogP contribution in [0.5, 0.6) is 0 Å². The van der Waals surface area contributed by atoms with Crippen LogP contribution in [-0.4, -0.2) is 11.5 Å². The van der Waals surface area contributed by atoms with Crippen molar-refractivity contribution in [1.82, 2.24) is 0 Å². The predicted octanol–water partition coefficient (Wildman–Crippen LogP) is 5.10. The van der Waals surface area contributed by atoms with E-state index in [9.17, 15) is 0 Å². The molecule has 1 atom stereocenters. The minimum absolute atomic E-state index is 0.620. The van der Waals surface area contributed by atoms with E-state index < -0.39 is 0 Å². The van der Waals surface area contributed by atoms with E-state index in [2.05, 4.69) is 64.6 Å². The smallest absolute Gasteiger partial charge is 0.00722 e. The Hall–Kier alpha value is -0.0800. The SMILES string of the molecule is CC(C)c1ccc(SCC(CS)C(C)C)cc1. The van der Waals surface area contributed by atoms with Gasteiger partial charge in [0.15, 0.2) is 0 Å². The average Bonchev–Trinajstić information content (AvgIpc) is 2.30. The second kappa shape index (κ2) is 7.38. The summed E-state index contributed by atoms with van der Waals surface area (Å²) in [6.07, 6.45) is 0. The highest BCUT2D eigenvalue weighted by atomic mass is 32.2. The van der Waals surface area contributed by atoms with Gasteiger partial charge < -0.3 is 0 Å². The molecule has 0 heterocycles. The maximum atomic E-state index is 4.43. The van der Waals surface area contributed by atoms with Crippen LogP contribution in [0.4, 0.5) is 0 Å². The summed E-state index contributed by atoms with van der Waals surface area (Å²) in [5.41, 5.74) is 1.42. The molecule has 1 rings (SSSR count). The van der Waals surface area contributed by atoms with Crippen molar-refractivity contribution < 1.29 is 0 Å². The van der Waals surface area contributed by atoms with Gasteiger partial charge in [0.05, 0.1) is 0 Å². The van der Waals surface area contributed by atoms with Crippen LogP contribution in [0.15, 0.2) is 29.2 Å². The Bertz CT molecular complexity index is 314. The summed E-state index contributed by atoms with van der Waals surface area (Å²) in [5.74, 6) is 4.19. The van der Waals surface area contributed by atoms with Gasteiger partial charge in [-0.3, -0.25) is 0 Å². The van der Waals surface area contributed by atoms with E-state index in [1.165, 1.54) is 16.2 Å². The molecule has 1 aromatic rings. The Kier molecular flexibility index (Phi) is 6.50. The fraction of sp³-hybridized carbons (Fsp3) is 0.600. The first kappa shape index (κ1) is 15.0. The lowest BCUT2D eigenvalue weighted by Crippen LogP contribution is -2.13.